The Hall–Kier alpha value is -2.87. The highest BCUT2D eigenvalue weighted by Gasteiger charge is 2.34. The number of aromatic nitrogens is 1. The summed E-state index contributed by atoms with van der Waals surface area (Å²) in [4.78, 5) is 24.2. The number of carbonyl (C=O) groups is 1. The van der Waals surface area contributed by atoms with Gasteiger partial charge in [-0.3, -0.25) is 30.5 Å². The van der Waals surface area contributed by atoms with Gasteiger partial charge in [-0.1, -0.05) is 0 Å². The van der Waals surface area contributed by atoms with Crippen LogP contribution in [0, 0.1) is 24.7 Å². The molecule has 8 heteroatoms. The normalized spacial score (nSPS) is 16.5. The predicted octanol–water partition coefficient (Wildman–Crippen LogP) is 4.88. The molecule has 0 radical (unpaired) electrons. The van der Waals surface area contributed by atoms with Crippen molar-refractivity contribution in [3.8, 4) is 0 Å². The molecule has 1 atom stereocenters. The molecule has 0 aromatic carbocycles. The van der Waals surface area contributed by atoms with E-state index in [2.05, 4.69) is 4.98 Å². The molecule has 0 aliphatic carbocycles. The third-order valence-electron chi connectivity index (χ3n) is 4.98. The van der Waals surface area contributed by atoms with Crippen molar-refractivity contribution in [2.75, 3.05) is 4.90 Å². The lowest BCUT2D eigenvalue weighted by molar-refractivity contribution is -0.154. The Kier molecular flexibility index (Phi) is 6.40. The Labute approximate surface area is 187 Å². The highest BCUT2D eigenvalue weighted by Crippen LogP contribution is 2.40. The number of nitrogens with one attached hydrogen (secondary N) is 2. The van der Waals surface area contributed by atoms with Gasteiger partial charge in [-0.2, -0.15) is 0 Å². The van der Waals surface area contributed by atoms with Crippen LogP contribution in [-0.4, -0.2) is 40.0 Å². The van der Waals surface area contributed by atoms with Gasteiger partial charge in [-0.15, -0.1) is 11.3 Å². The van der Waals surface area contributed by atoms with Crippen LogP contribution >= 0.6 is 11.3 Å². The van der Waals surface area contributed by atoms with E-state index >= 15 is 0 Å². The molecule has 3 heterocycles. The number of amidine groups is 2. The number of fused-ring (bicyclic) bond motifs is 1. The maximum atomic E-state index is 12.3. The van der Waals surface area contributed by atoms with E-state index in [1.807, 2.05) is 46.8 Å². The van der Waals surface area contributed by atoms with Crippen molar-refractivity contribution in [2.24, 2.45) is 4.99 Å². The van der Waals surface area contributed by atoms with Gasteiger partial charge in [-0.25, -0.2) is 0 Å². The van der Waals surface area contributed by atoms with Crippen molar-refractivity contribution in [1.29, 1.82) is 10.8 Å². The summed E-state index contributed by atoms with van der Waals surface area (Å²) in [6, 6.07) is 3.22. The molecule has 1 aliphatic rings. The van der Waals surface area contributed by atoms with Crippen molar-refractivity contribution in [2.45, 2.75) is 66.0 Å². The van der Waals surface area contributed by atoms with E-state index in [-0.39, 0.29) is 24.1 Å². The molecule has 3 rings (SSSR count). The Morgan fingerprint density at radius 3 is 2.48 bits per heavy atom. The number of ether oxygens (including phenoxy) is 1. The fourth-order valence-electron chi connectivity index (χ4n) is 3.50. The van der Waals surface area contributed by atoms with Gasteiger partial charge in [0.15, 0.2) is 0 Å². The molecule has 31 heavy (non-hydrogen) atoms. The van der Waals surface area contributed by atoms with Crippen molar-refractivity contribution in [3.05, 3.63) is 46.1 Å². The molecule has 2 N–H and O–H groups in total. The van der Waals surface area contributed by atoms with Gasteiger partial charge in [0.1, 0.15) is 28.3 Å². The maximum absolute atomic E-state index is 12.3. The summed E-state index contributed by atoms with van der Waals surface area (Å²) in [5.74, 6) is 0.133. The standard InChI is InChI=1S/C23H29N5O2S/c1-13-14(2)31-22-19(13)20(16-9-11-26-12-10-16)27-17(21(25)28(22)15(3)24)7-8-18(29)30-23(4,5)6/h9-12,17,24-25H,7-8H2,1-6H3. The number of pyridine rings is 1. The molecule has 1 aliphatic heterocycles. The fraction of sp³-hybridized carbons (Fsp3) is 0.435. The van der Waals surface area contributed by atoms with Gasteiger partial charge >= 0.3 is 5.97 Å². The van der Waals surface area contributed by atoms with E-state index in [1.165, 1.54) is 0 Å². The lowest BCUT2D eigenvalue weighted by Crippen LogP contribution is -2.40. The summed E-state index contributed by atoms with van der Waals surface area (Å²) in [6.07, 6.45) is 3.92. The van der Waals surface area contributed by atoms with Crippen LogP contribution in [0.15, 0.2) is 29.5 Å². The zero-order valence-electron chi connectivity index (χ0n) is 18.9. The minimum atomic E-state index is -0.574. The number of hydrogen-bond donors (Lipinski definition) is 2. The first-order valence-electron chi connectivity index (χ1n) is 10.2. The molecule has 0 saturated heterocycles. The van der Waals surface area contributed by atoms with Gasteiger partial charge in [0.05, 0.1) is 5.71 Å². The maximum Gasteiger partial charge on any atom is 0.306 e. The van der Waals surface area contributed by atoms with Crippen LogP contribution in [0.2, 0.25) is 0 Å². The predicted molar refractivity (Wildman–Crippen MR) is 126 cm³/mol. The molecular formula is C23H29N5O2S. The van der Waals surface area contributed by atoms with Crippen LogP contribution < -0.4 is 4.90 Å². The molecule has 1 unspecified atom stereocenters. The van der Waals surface area contributed by atoms with Crippen LogP contribution in [0.4, 0.5) is 5.00 Å². The van der Waals surface area contributed by atoms with Crippen LogP contribution in [0.3, 0.4) is 0 Å². The summed E-state index contributed by atoms with van der Waals surface area (Å²) in [5.41, 5.74) is 3.13. The Morgan fingerprint density at radius 1 is 1.26 bits per heavy atom. The van der Waals surface area contributed by atoms with Gasteiger partial charge in [0.2, 0.25) is 0 Å². The number of aryl methyl sites for hydroxylation is 1. The van der Waals surface area contributed by atoms with E-state index in [9.17, 15) is 4.79 Å². The average molecular weight is 440 g/mol. The van der Waals surface area contributed by atoms with Crippen LogP contribution in [0.25, 0.3) is 0 Å². The van der Waals surface area contributed by atoms with Crippen LogP contribution in [-0.2, 0) is 9.53 Å². The van der Waals surface area contributed by atoms with E-state index in [4.69, 9.17) is 20.5 Å². The van der Waals surface area contributed by atoms with Gasteiger partial charge in [0, 0.05) is 34.8 Å². The number of carbonyl (C=O) groups excluding carboxylic acids is 1. The van der Waals surface area contributed by atoms with Crippen molar-refractivity contribution < 1.29 is 9.53 Å². The minimum absolute atomic E-state index is 0.147. The van der Waals surface area contributed by atoms with E-state index in [0.29, 0.717) is 6.42 Å². The molecule has 164 valence electrons. The first kappa shape index (κ1) is 22.8. The molecule has 2 aromatic heterocycles. The monoisotopic (exact) mass is 439 g/mol. The highest BCUT2D eigenvalue weighted by atomic mass is 32.1. The third kappa shape index (κ3) is 4.90. The summed E-state index contributed by atoms with van der Waals surface area (Å²) >= 11 is 1.56. The van der Waals surface area contributed by atoms with Crippen molar-refractivity contribution >= 4 is 39.7 Å². The number of esters is 1. The van der Waals surface area contributed by atoms with Gasteiger partial charge in [0.25, 0.3) is 0 Å². The number of nitrogens with zero attached hydrogens (tertiary/aromatic N) is 3. The molecule has 0 saturated carbocycles. The first-order valence-corrected chi connectivity index (χ1v) is 11.1. The molecule has 0 fully saturated rings. The quantitative estimate of drug-likeness (QED) is 0.402. The molecule has 0 spiro atoms. The Morgan fingerprint density at radius 2 is 1.90 bits per heavy atom. The van der Waals surface area contributed by atoms with Gasteiger partial charge < -0.3 is 4.74 Å². The summed E-state index contributed by atoms with van der Waals surface area (Å²) in [6.45, 7) is 11.3. The number of thiophene rings is 1. The third-order valence-corrected chi connectivity index (χ3v) is 6.17. The minimum Gasteiger partial charge on any atom is -0.460 e. The largest absolute Gasteiger partial charge is 0.460 e. The molecule has 0 bridgehead atoms. The number of hydrogen-bond acceptors (Lipinski definition) is 7. The summed E-state index contributed by atoms with van der Waals surface area (Å²) in [5, 5.41) is 18.1. The van der Waals surface area contributed by atoms with Crippen molar-refractivity contribution in [3.63, 3.8) is 0 Å². The Balaban J connectivity index is 2.08. The van der Waals surface area contributed by atoms with E-state index < -0.39 is 11.6 Å². The topological polar surface area (TPSA) is 102 Å². The average Bonchev–Trinajstić information content (AvgIpc) is 2.88. The number of rotatable bonds is 4. The fourth-order valence-corrected chi connectivity index (χ4v) is 4.72. The summed E-state index contributed by atoms with van der Waals surface area (Å²) < 4.78 is 5.44. The van der Waals surface area contributed by atoms with Crippen LogP contribution in [0.5, 0.6) is 0 Å². The zero-order chi connectivity index (χ0) is 22.9. The second kappa shape index (κ2) is 8.70. The molecular weight excluding hydrogens is 410 g/mol. The SMILES string of the molecule is CC(=N)N1C(=N)C(CCC(=O)OC(C)(C)C)N=C(c2ccncc2)c2c1sc(C)c2C. The highest BCUT2D eigenvalue weighted by molar-refractivity contribution is 7.17. The van der Waals surface area contributed by atoms with Gasteiger partial charge in [-0.05, 0) is 65.7 Å². The molecule has 2 aromatic rings. The van der Waals surface area contributed by atoms with Crippen molar-refractivity contribution in [1.82, 2.24) is 4.98 Å². The lowest BCUT2D eigenvalue weighted by atomic mass is 10.0. The van der Waals surface area contributed by atoms with E-state index in [0.717, 1.165) is 32.3 Å². The first-order chi connectivity index (χ1) is 14.5. The van der Waals surface area contributed by atoms with E-state index in [1.54, 1.807) is 35.6 Å². The molecule has 7 nitrogen and oxygen atoms in total. The second-order valence-electron chi connectivity index (χ2n) is 8.62. The lowest BCUT2D eigenvalue weighted by Gasteiger charge is -2.25. The number of anilines is 1. The summed E-state index contributed by atoms with van der Waals surface area (Å²) in [7, 11) is 0. The number of aliphatic imine (C=N–C) groups is 1. The molecule has 0 amide bonds. The van der Waals surface area contributed by atoms with Crippen LogP contribution in [0.1, 0.15) is 62.1 Å². The zero-order valence-corrected chi connectivity index (χ0v) is 19.7. The smallest absolute Gasteiger partial charge is 0.306 e. The second-order valence-corrected chi connectivity index (χ2v) is 9.83. The Bertz CT molecular complexity index is 1050.